The highest BCUT2D eigenvalue weighted by molar-refractivity contribution is 5.90. The third kappa shape index (κ3) is 9.70. The number of piperazine rings is 1. The Morgan fingerprint density at radius 2 is 1.31 bits per heavy atom. The molecular formula is C54H59N7O7. The molecule has 10 heterocycles. The average molecular weight is 918 g/mol. The van der Waals surface area contributed by atoms with Crippen molar-refractivity contribution in [3.05, 3.63) is 146 Å². The monoisotopic (exact) mass is 917 g/mol. The standard InChI is InChI=1S/C54H59N7O7/c1-36-27-39-29-44(51(63)59-25-23-57(24-26-59)46-17-19-56(2)20-18-46)32-49(62)58-21-15-40(16-22-58)47-31-43-5-3-4-6-48(43)61(52(47)64)35-68-54(66)42-13-9-38(10-14-42)28-37-7-11-41(12-8-37)53(65)67-34-60-33-45(30-39)50(36)55-60/h3-14,27,30-31,33,40,44,46H,15-26,28-29,32,34-35H2,1-2H3/t44-/m0/s1. The molecule has 14 rings (SSSR count). The van der Waals surface area contributed by atoms with Crippen LogP contribution in [0.1, 0.15) is 86.6 Å². The third-order valence-electron chi connectivity index (χ3n) is 14.7. The van der Waals surface area contributed by atoms with Gasteiger partial charge in [0.25, 0.3) is 5.56 Å². The predicted molar refractivity (Wildman–Crippen MR) is 258 cm³/mol. The molecule has 3 fully saturated rings. The number of hydrogen-bond acceptors (Lipinski definition) is 10. The van der Waals surface area contributed by atoms with Gasteiger partial charge in [-0.25, -0.2) is 14.3 Å². The maximum absolute atomic E-state index is 14.7. The Morgan fingerprint density at radius 3 is 1.99 bits per heavy atom. The fraction of sp³-hybridized carbons (Fsp3) is 0.407. The van der Waals surface area contributed by atoms with E-state index in [1.807, 2.05) is 83.6 Å². The summed E-state index contributed by atoms with van der Waals surface area (Å²) in [6, 6.07) is 28.6. The lowest BCUT2D eigenvalue weighted by atomic mass is 9.88. The summed E-state index contributed by atoms with van der Waals surface area (Å²) in [5.74, 6) is -1.77. The average Bonchev–Trinajstić information content (AvgIpc) is 3.79. The van der Waals surface area contributed by atoms with Crippen molar-refractivity contribution in [3.63, 3.8) is 0 Å². The van der Waals surface area contributed by atoms with Gasteiger partial charge in [-0.3, -0.25) is 23.9 Å². The Balaban J connectivity index is 0.930. The quantitative estimate of drug-likeness (QED) is 0.180. The summed E-state index contributed by atoms with van der Waals surface area (Å²) in [4.78, 5) is 78.7. The van der Waals surface area contributed by atoms with Gasteiger partial charge in [-0.15, -0.1) is 0 Å². The Hall–Kier alpha value is -6.64. The van der Waals surface area contributed by atoms with E-state index in [-0.39, 0.29) is 43.2 Å². The number of aromatic nitrogens is 3. The summed E-state index contributed by atoms with van der Waals surface area (Å²) in [5, 5.41) is 6.47. The van der Waals surface area contributed by atoms with Crippen LogP contribution < -0.4 is 5.56 Å². The van der Waals surface area contributed by atoms with Crippen LogP contribution >= 0.6 is 0 Å². The third-order valence-corrected chi connectivity index (χ3v) is 14.7. The number of likely N-dealkylation sites (tertiary alicyclic amines) is 1. The Morgan fingerprint density at radius 1 is 0.662 bits per heavy atom. The molecule has 0 unspecified atom stereocenters. The van der Waals surface area contributed by atoms with Gasteiger partial charge in [0, 0.05) is 68.9 Å². The number of carbonyl (C=O) groups excluding carboxylic acids is 4. The lowest BCUT2D eigenvalue weighted by Crippen LogP contribution is -2.55. The zero-order valence-electron chi connectivity index (χ0n) is 39.0. The highest BCUT2D eigenvalue weighted by Gasteiger charge is 2.35. The first-order chi connectivity index (χ1) is 33.0. The number of nitrogens with zero attached hydrogens (tertiary/aromatic N) is 7. The van der Waals surface area contributed by atoms with Crippen LogP contribution in [0, 0.1) is 12.8 Å². The Labute approximate surface area is 396 Å². The minimum absolute atomic E-state index is 0.000580. The van der Waals surface area contributed by atoms with E-state index >= 15 is 0 Å². The van der Waals surface area contributed by atoms with Crippen molar-refractivity contribution in [2.45, 2.75) is 77.3 Å². The topological polar surface area (TPSA) is 140 Å². The number of para-hydroxylation sites is 1. The summed E-state index contributed by atoms with van der Waals surface area (Å²) >= 11 is 0. The van der Waals surface area contributed by atoms with Gasteiger partial charge in [-0.2, -0.15) is 5.10 Å². The Kier molecular flexibility index (Phi) is 13.0. The number of benzene rings is 4. The van der Waals surface area contributed by atoms with Crippen molar-refractivity contribution >= 4 is 45.6 Å². The van der Waals surface area contributed by atoms with E-state index in [2.05, 4.69) is 22.9 Å². The highest BCUT2D eigenvalue weighted by atomic mass is 16.5. The number of carbonyl (C=O) groups is 4. The number of amides is 2. The molecule has 0 spiro atoms. The van der Waals surface area contributed by atoms with Gasteiger partial charge in [-0.05, 0) is 142 Å². The minimum Gasteiger partial charge on any atom is -0.440 e. The number of hydrogen-bond donors (Lipinski definition) is 0. The molecule has 2 aromatic heterocycles. The molecule has 1 atom stereocenters. The Bertz CT molecular complexity index is 2900. The summed E-state index contributed by atoms with van der Waals surface area (Å²) in [5.41, 5.74) is 6.45. The fourth-order valence-electron chi connectivity index (χ4n) is 10.8. The summed E-state index contributed by atoms with van der Waals surface area (Å²) in [6.07, 6.45) is 6.33. The second kappa shape index (κ2) is 19.5. The molecule has 8 aliphatic rings. The molecule has 14 nitrogen and oxygen atoms in total. The molecule has 8 aliphatic heterocycles. The van der Waals surface area contributed by atoms with E-state index in [0.29, 0.717) is 80.1 Å². The van der Waals surface area contributed by atoms with Crippen LogP contribution in [0.4, 0.5) is 0 Å². The lowest BCUT2D eigenvalue weighted by molar-refractivity contribution is -0.143. The molecule has 352 valence electrons. The van der Waals surface area contributed by atoms with Crippen LogP contribution in [0.25, 0.3) is 21.8 Å². The van der Waals surface area contributed by atoms with Gasteiger partial charge in [-0.1, -0.05) is 48.5 Å². The molecule has 2 amide bonds. The highest BCUT2D eigenvalue weighted by Crippen LogP contribution is 2.31. The lowest BCUT2D eigenvalue weighted by Gasteiger charge is -2.43. The second-order valence-electron chi connectivity index (χ2n) is 19.3. The molecule has 11 bridgehead atoms. The van der Waals surface area contributed by atoms with Crippen LogP contribution in [0.15, 0.2) is 102 Å². The second-order valence-corrected chi connectivity index (χ2v) is 19.3. The number of aryl methyl sites for hydroxylation is 1. The largest absolute Gasteiger partial charge is 0.440 e. The van der Waals surface area contributed by atoms with Gasteiger partial charge in [0.2, 0.25) is 11.8 Å². The maximum atomic E-state index is 14.7. The maximum Gasteiger partial charge on any atom is 0.339 e. The van der Waals surface area contributed by atoms with Crippen molar-refractivity contribution < 1.29 is 28.7 Å². The van der Waals surface area contributed by atoms with E-state index in [1.165, 1.54) is 4.57 Å². The van der Waals surface area contributed by atoms with E-state index < -0.39 is 17.9 Å². The molecule has 0 aliphatic carbocycles. The SMILES string of the molecule is Cc1cc2cc3cn(nc13)COC(=O)c1ccc(cc1)Cc1ccc(cc1)C(=O)OCn1c(=O)c(cc3ccccc31)C1CCN(CC1)C(=O)C[C@@H](C(=O)N1CCN(C3CCN(C)CC3)CC1)C2. The van der Waals surface area contributed by atoms with E-state index in [0.717, 1.165) is 77.6 Å². The number of esters is 2. The molecule has 14 heteroatoms. The van der Waals surface area contributed by atoms with Crippen molar-refractivity contribution in [2.24, 2.45) is 5.92 Å². The number of fused-ring (bicyclic) bond motifs is 2. The van der Waals surface area contributed by atoms with Crippen LogP contribution in [0.2, 0.25) is 0 Å². The normalized spacial score (nSPS) is 20.9. The van der Waals surface area contributed by atoms with Gasteiger partial charge < -0.3 is 24.2 Å². The number of pyridine rings is 1. The van der Waals surface area contributed by atoms with Crippen molar-refractivity contribution in [1.29, 1.82) is 0 Å². The van der Waals surface area contributed by atoms with Gasteiger partial charge >= 0.3 is 11.9 Å². The minimum atomic E-state index is -0.577. The molecule has 4 aromatic carbocycles. The molecular weight excluding hydrogens is 859 g/mol. The molecule has 6 aromatic rings. The first-order valence-electron chi connectivity index (χ1n) is 24.1. The van der Waals surface area contributed by atoms with Crippen molar-refractivity contribution in [1.82, 2.24) is 33.9 Å². The van der Waals surface area contributed by atoms with Crippen LogP contribution in [-0.2, 0) is 45.4 Å². The van der Waals surface area contributed by atoms with Gasteiger partial charge in [0.15, 0.2) is 13.5 Å². The van der Waals surface area contributed by atoms with E-state index in [9.17, 15) is 24.0 Å². The van der Waals surface area contributed by atoms with Crippen molar-refractivity contribution in [3.8, 4) is 0 Å². The van der Waals surface area contributed by atoms with Crippen molar-refractivity contribution in [2.75, 3.05) is 59.4 Å². The fourth-order valence-corrected chi connectivity index (χ4v) is 10.8. The smallest absolute Gasteiger partial charge is 0.339 e. The molecule has 0 N–H and O–H groups in total. The van der Waals surface area contributed by atoms with E-state index in [4.69, 9.17) is 14.6 Å². The molecule has 0 saturated carbocycles. The predicted octanol–water partition coefficient (Wildman–Crippen LogP) is 6.39. The number of piperidine rings is 2. The van der Waals surface area contributed by atoms with Gasteiger partial charge in [0.05, 0.1) is 28.1 Å². The number of ether oxygens (including phenoxy) is 2. The zero-order valence-corrected chi connectivity index (χ0v) is 39.0. The zero-order chi connectivity index (χ0) is 46.9. The number of rotatable bonds is 2. The van der Waals surface area contributed by atoms with Gasteiger partial charge in [0.1, 0.15) is 0 Å². The molecule has 68 heavy (non-hydrogen) atoms. The first-order valence-corrected chi connectivity index (χ1v) is 24.1. The summed E-state index contributed by atoms with van der Waals surface area (Å²) in [6.45, 7) is 7.63. The van der Waals surface area contributed by atoms with Crippen LogP contribution in [0.5, 0.6) is 0 Å². The molecule has 3 saturated heterocycles. The van der Waals surface area contributed by atoms with Crippen LogP contribution in [0.3, 0.4) is 0 Å². The van der Waals surface area contributed by atoms with E-state index in [1.54, 1.807) is 28.9 Å². The molecule has 0 radical (unpaired) electrons. The summed E-state index contributed by atoms with van der Waals surface area (Å²) in [7, 11) is 2.17. The summed E-state index contributed by atoms with van der Waals surface area (Å²) < 4.78 is 14.6. The first kappa shape index (κ1) is 45.2. The van der Waals surface area contributed by atoms with Crippen LogP contribution in [-0.4, -0.2) is 123 Å².